The van der Waals surface area contributed by atoms with Gasteiger partial charge in [-0.3, -0.25) is 0 Å². The van der Waals surface area contributed by atoms with E-state index in [1.54, 1.807) is 11.1 Å². The molecule has 0 amide bonds. The molecule has 2 bridgehead atoms. The van der Waals surface area contributed by atoms with E-state index in [4.69, 9.17) is 4.74 Å². The molecule has 3 aliphatic rings. The lowest BCUT2D eigenvalue weighted by Gasteiger charge is -2.24. The van der Waals surface area contributed by atoms with Gasteiger partial charge in [0.05, 0.1) is 0 Å². The maximum Gasteiger partial charge on any atom is 0.106 e. The maximum absolute atomic E-state index is 6.80. The number of hydrogen-bond donors (Lipinski definition) is 0. The molecular formula is C30H20O. The van der Waals surface area contributed by atoms with Gasteiger partial charge in [-0.25, -0.2) is 0 Å². The lowest BCUT2D eigenvalue weighted by atomic mass is 9.77. The molecule has 0 radical (unpaired) electrons. The third-order valence-corrected chi connectivity index (χ3v) is 8.44. The van der Waals surface area contributed by atoms with E-state index in [-0.39, 0.29) is 12.2 Å². The molecule has 31 heavy (non-hydrogen) atoms. The summed E-state index contributed by atoms with van der Waals surface area (Å²) in [7, 11) is 0. The highest BCUT2D eigenvalue weighted by molar-refractivity contribution is 6.45. The number of hydrogen-bond acceptors (Lipinski definition) is 1. The van der Waals surface area contributed by atoms with Crippen LogP contribution in [-0.4, -0.2) is 0 Å². The summed E-state index contributed by atoms with van der Waals surface area (Å²) in [6.45, 7) is 0. The molecule has 9 rings (SSSR count). The number of benzene rings is 5. The van der Waals surface area contributed by atoms with Crippen LogP contribution in [0, 0.1) is 0 Å². The van der Waals surface area contributed by atoms with Gasteiger partial charge >= 0.3 is 0 Å². The zero-order valence-electron chi connectivity index (χ0n) is 17.2. The third kappa shape index (κ3) is 1.60. The van der Waals surface area contributed by atoms with Gasteiger partial charge in [-0.05, 0) is 102 Å². The average Bonchev–Trinajstić information content (AvgIpc) is 3.44. The summed E-state index contributed by atoms with van der Waals surface area (Å²) in [6.07, 6.45) is 9.60. The van der Waals surface area contributed by atoms with E-state index in [1.165, 1.54) is 65.0 Å². The summed E-state index contributed by atoms with van der Waals surface area (Å²) in [5.41, 5.74) is 6.11. The maximum atomic E-state index is 6.80. The highest BCUT2D eigenvalue weighted by atomic mass is 16.5. The van der Waals surface area contributed by atoms with E-state index in [1.807, 2.05) is 0 Å². The Balaban J connectivity index is 1.51. The van der Waals surface area contributed by atoms with Crippen LogP contribution in [0.15, 0.2) is 71.8 Å². The van der Waals surface area contributed by atoms with Crippen molar-refractivity contribution in [2.45, 2.75) is 37.9 Å². The van der Waals surface area contributed by atoms with Crippen molar-refractivity contribution in [2.24, 2.45) is 0 Å². The fraction of sp³-hybridized carbons (Fsp3) is 0.200. The van der Waals surface area contributed by atoms with E-state index in [2.05, 4.69) is 60.7 Å². The Labute approximate surface area is 179 Å². The molecule has 0 saturated heterocycles. The van der Waals surface area contributed by atoms with Gasteiger partial charge in [0.2, 0.25) is 0 Å². The third-order valence-electron chi connectivity index (χ3n) is 8.44. The highest BCUT2D eigenvalue weighted by Crippen LogP contribution is 2.62. The van der Waals surface area contributed by atoms with Gasteiger partial charge in [0.15, 0.2) is 0 Å². The summed E-state index contributed by atoms with van der Waals surface area (Å²) in [5.74, 6) is 0. The molecule has 0 spiro atoms. The Morgan fingerprint density at radius 1 is 0.516 bits per heavy atom. The Hall–Kier alpha value is -3.16. The first-order chi connectivity index (χ1) is 15.4. The molecule has 6 aromatic carbocycles. The Morgan fingerprint density at radius 2 is 0.935 bits per heavy atom. The molecule has 2 unspecified atom stereocenters. The van der Waals surface area contributed by atoms with Crippen LogP contribution in [-0.2, 0) is 4.74 Å². The molecule has 0 aromatic heterocycles. The molecule has 0 N–H and O–H groups in total. The van der Waals surface area contributed by atoms with Crippen molar-refractivity contribution in [2.75, 3.05) is 0 Å². The topological polar surface area (TPSA) is 9.23 Å². The predicted octanol–water partition coefficient (Wildman–Crippen LogP) is 8.32. The van der Waals surface area contributed by atoms with Crippen LogP contribution in [0.5, 0.6) is 0 Å². The first kappa shape index (κ1) is 15.6. The second-order valence-corrected chi connectivity index (χ2v) is 9.72. The summed E-state index contributed by atoms with van der Waals surface area (Å²) in [4.78, 5) is 0. The molecule has 2 aliphatic heterocycles. The summed E-state index contributed by atoms with van der Waals surface area (Å²) >= 11 is 0. The van der Waals surface area contributed by atoms with E-state index in [0.29, 0.717) is 0 Å². The number of fused-ring (bicyclic) bond motifs is 9. The van der Waals surface area contributed by atoms with Crippen molar-refractivity contribution in [1.29, 1.82) is 0 Å². The Kier molecular flexibility index (Phi) is 2.52. The van der Waals surface area contributed by atoms with Crippen LogP contribution in [0.1, 0.15) is 49.0 Å². The van der Waals surface area contributed by atoms with Gasteiger partial charge < -0.3 is 4.74 Å². The van der Waals surface area contributed by atoms with Crippen LogP contribution in [0.2, 0.25) is 0 Å². The van der Waals surface area contributed by atoms with Crippen LogP contribution in [0.25, 0.3) is 53.9 Å². The van der Waals surface area contributed by atoms with Gasteiger partial charge in [-0.2, -0.15) is 0 Å². The standard InChI is InChI=1S/C30H20O/c1-2-4-6-19-18(5-3-1)29-27-20-13-11-16-9-7-15-8-10-17-12-14-21(28(27)30(19)31-29)26-24(17)22(15)23(16)25(20)26/h1-2,7-14,29-30H,3-6H2/b2-1-. The van der Waals surface area contributed by atoms with Gasteiger partial charge in [-0.1, -0.05) is 60.7 Å². The normalized spacial score (nSPS) is 24.3. The molecule has 1 aliphatic carbocycles. The summed E-state index contributed by atoms with van der Waals surface area (Å²) in [5, 5.41) is 14.3. The molecule has 1 heteroatoms. The number of rotatable bonds is 0. The first-order valence-corrected chi connectivity index (χ1v) is 11.6. The molecule has 0 saturated carbocycles. The second kappa shape index (κ2) is 5.00. The molecule has 146 valence electrons. The van der Waals surface area contributed by atoms with Crippen molar-refractivity contribution in [3.63, 3.8) is 0 Å². The fourth-order valence-corrected chi connectivity index (χ4v) is 7.29. The minimum absolute atomic E-state index is 0.155. The molecule has 1 nitrogen and oxygen atoms in total. The van der Waals surface area contributed by atoms with Crippen molar-refractivity contribution >= 4 is 53.9 Å². The van der Waals surface area contributed by atoms with Gasteiger partial charge in [-0.15, -0.1) is 0 Å². The van der Waals surface area contributed by atoms with Gasteiger partial charge in [0.25, 0.3) is 0 Å². The summed E-state index contributed by atoms with van der Waals surface area (Å²) in [6, 6.07) is 18.7. The van der Waals surface area contributed by atoms with Crippen molar-refractivity contribution in [3.8, 4) is 0 Å². The van der Waals surface area contributed by atoms with Crippen molar-refractivity contribution < 1.29 is 4.74 Å². The van der Waals surface area contributed by atoms with Crippen molar-refractivity contribution in [3.05, 3.63) is 83.0 Å². The smallest absolute Gasteiger partial charge is 0.106 e. The van der Waals surface area contributed by atoms with Crippen LogP contribution >= 0.6 is 0 Å². The highest BCUT2D eigenvalue weighted by Gasteiger charge is 2.46. The zero-order valence-corrected chi connectivity index (χ0v) is 17.2. The SMILES string of the molecule is C1=C\CCC2=C(CC/1)C1OC2c2c1c1ccc3ccc4ccc5ccc2c2c5c4c3c12. The fourth-order valence-electron chi connectivity index (χ4n) is 7.29. The lowest BCUT2D eigenvalue weighted by molar-refractivity contribution is 0.0779. The van der Waals surface area contributed by atoms with Crippen LogP contribution < -0.4 is 0 Å². The summed E-state index contributed by atoms with van der Waals surface area (Å²) < 4.78 is 6.80. The Bertz CT molecular complexity index is 1640. The molecule has 6 aromatic rings. The number of ether oxygens (including phenoxy) is 1. The quantitative estimate of drug-likeness (QED) is 0.185. The molecular weight excluding hydrogens is 376 g/mol. The van der Waals surface area contributed by atoms with Gasteiger partial charge in [0.1, 0.15) is 12.2 Å². The largest absolute Gasteiger partial charge is 0.357 e. The monoisotopic (exact) mass is 396 g/mol. The Morgan fingerprint density at radius 3 is 1.42 bits per heavy atom. The molecule has 2 atom stereocenters. The average molecular weight is 396 g/mol. The molecule has 2 heterocycles. The van der Waals surface area contributed by atoms with Crippen LogP contribution in [0.3, 0.4) is 0 Å². The van der Waals surface area contributed by atoms with Crippen molar-refractivity contribution in [1.82, 2.24) is 0 Å². The number of allylic oxidation sites excluding steroid dienone is 2. The zero-order chi connectivity index (χ0) is 19.8. The predicted molar refractivity (Wildman–Crippen MR) is 129 cm³/mol. The first-order valence-electron chi connectivity index (χ1n) is 11.6. The second-order valence-electron chi connectivity index (χ2n) is 9.72. The lowest BCUT2D eigenvalue weighted by Crippen LogP contribution is -2.07. The van der Waals surface area contributed by atoms with E-state index in [0.717, 1.165) is 25.7 Å². The van der Waals surface area contributed by atoms with E-state index < -0.39 is 0 Å². The van der Waals surface area contributed by atoms with Crippen LogP contribution in [0.4, 0.5) is 0 Å². The van der Waals surface area contributed by atoms with E-state index in [9.17, 15) is 0 Å². The minimum atomic E-state index is 0.155. The van der Waals surface area contributed by atoms with E-state index >= 15 is 0 Å². The molecule has 0 fully saturated rings. The van der Waals surface area contributed by atoms with Gasteiger partial charge in [0, 0.05) is 0 Å². The minimum Gasteiger partial charge on any atom is -0.357 e.